The van der Waals surface area contributed by atoms with Crippen LogP contribution in [-0.4, -0.2) is 37.9 Å². The van der Waals surface area contributed by atoms with Gasteiger partial charge in [-0.05, 0) is 122 Å². The van der Waals surface area contributed by atoms with Crippen molar-refractivity contribution >= 4 is 11.9 Å². The van der Waals surface area contributed by atoms with Crippen molar-refractivity contribution in [3.63, 3.8) is 0 Å². The molecule has 368 valence electrons. The Morgan fingerprint density at radius 2 is 0.712 bits per heavy atom. The minimum absolute atomic E-state index is 0.00719. The van der Waals surface area contributed by atoms with Gasteiger partial charge in [0.05, 0.1) is 6.61 Å². The summed E-state index contributed by atoms with van der Waals surface area (Å²) in [6.45, 7) is 7.30. The highest BCUT2D eigenvalue weighted by atomic mass is 16.6. The Bertz CT molecular complexity index is 1490. The Morgan fingerprint density at radius 3 is 1.17 bits per heavy atom. The summed E-state index contributed by atoms with van der Waals surface area (Å²) < 4.78 is 17.2. The second-order valence-corrected chi connectivity index (χ2v) is 16.3. The molecule has 0 aliphatic carbocycles. The number of hydrogen-bond donors (Lipinski definition) is 0. The predicted octanol–water partition coefficient (Wildman–Crippen LogP) is 17.9. The maximum Gasteiger partial charge on any atom is 0.306 e. The largest absolute Gasteiger partial charge is 0.462 e. The lowest BCUT2D eigenvalue weighted by Gasteiger charge is -2.18. The summed E-state index contributed by atoms with van der Waals surface area (Å²) in [5.41, 5.74) is 0. The molecule has 0 N–H and O–H groups in total. The van der Waals surface area contributed by atoms with Crippen molar-refractivity contribution in [1.29, 1.82) is 0 Å². The highest BCUT2D eigenvalue weighted by Crippen LogP contribution is 2.11. The molecule has 0 saturated heterocycles. The fourth-order valence-corrected chi connectivity index (χ4v) is 6.24. The highest BCUT2D eigenvalue weighted by molar-refractivity contribution is 5.70. The second-order valence-electron chi connectivity index (χ2n) is 16.3. The first kappa shape index (κ1) is 61.5. The number of unbranched alkanes of at least 4 members (excludes halogenated alkanes) is 8. The van der Waals surface area contributed by atoms with E-state index in [1.165, 1.54) is 32.1 Å². The van der Waals surface area contributed by atoms with Crippen molar-refractivity contribution in [2.45, 2.75) is 194 Å². The molecule has 0 aromatic carbocycles. The Hall–Kier alpha value is -4.48. The van der Waals surface area contributed by atoms with E-state index in [0.717, 1.165) is 116 Å². The third-order valence-electron chi connectivity index (χ3n) is 10.0. The van der Waals surface area contributed by atoms with Crippen LogP contribution in [-0.2, 0) is 23.8 Å². The minimum Gasteiger partial charge on any atom is -0.462 e. The Balaban J connectivity index is 4.50. The van der Waals surface area contributed by atoms with Gasteiger partial charge in [-0.2, -0.15) is 0 Å². The third-order valence-corrected chi connectivity index (χ3v) is 10.0. The van der Waals surface area contributed by atoms with Crippen molar-refractivity contribution in [2.24, 2.45) is 0 Å². The van der Waals surface area contributed by atoms with E-state index < -0.39 is 6.10 Å². The van der Waals surface area contributed by atoms with E-state index in [1.54, 1.807) is 0 Å². The van der Waals surface area contributed by atoms with Crippen LogP contribution >= 0.6 is 0 Å². The SMILES string of the molecule is CC/C=C\C/C=C\C/C=C\C/C=C\C/C=C\C/C=C\CCCOCC(COC(=O)CC/C=C\C/C=C\C/C=C\C/C=C\C/C=C\C/C=C\CC)OC(=O)CCCCCCC/C=C\CCCC. The van der Waals surface area contributed by atoms with Crippen LogP contribution in [0.1, 0.15) is 188 Å². The van der Waals surface area contributed by atoms with E-state index in [-0.39, 0.29) is 31.6 Å². The quantitative estimate of drug-likeness (QED) is 0.0346. The summed E-state index contributed by atoms with van der Waals surface area (Å²) in [4.78, 5) is 25.3. The lowest BCUT2D eigenvalue weighted by atomic mass is 10.1. The maximum absolute atomic E-state index is 12.8. The average molecular weight is 907 g/mol. The van der Waals surface area contributed by atoms with Gasteiger partial charge in [-0.15, -0.1) is 0 Å². The van der Waals surface area contributed by atoms with E-state index in [9.17, 15) is 9.59 Å². The molecular weight excluding hydrogens is 813 g/mol. The Labute approximate surface area is 405 Å². The lowest BCUT2D eigenvalue weighted by Crippen LogP contribution is -2.30. The van der Waals surface area contributed by atoms with Crippen LogP contribution in [0.15, 0.2) is 158 Å². The van der Waals surface area contributed by atoms with Gasteiger partial charge in [-0.1, -0.05) is 211 Å². The van der Waals surface area contributed by atoms with E-state index in [0.29, 0.717) is 19.4 Å². The summed E-state index contributed by atoms with van der Waals surface area (Å²) >= 11 is 0. The first-order chi connectivity index (χ1) is 32.6. The number of carbonyl (C=O) groups excluding carboxylic acids is 2. The zero-order valence-electron chi connectivity index (χ0n) is 42.1. The second kappa shape index (κ2) is 54.9. The van der Waals surface area contributed by atoms with Gasteiger partial charge < -0.3 is 14.2 Å². The smallest absolute Gasteiger partial charge is 0.306 e. The topological polar surface area (TPSA) is 61.8 Å². The van der Waals surface area contributed by atoms with Crippen LogP contribution in [0.5, 0.6) is 0 Å². The zero-order chi connectivity index (χ0) is 47.7. The monoisotopic (exact) mass is 907 g/mol. The third kappa shape index (κ3) is 52.1. The van der Waals surface area contributed by atoms with Gasteiger partial charge >= 0.3 is 11.9 Å². The van der Waals surface area contributed by atoms with Crippen molar-refractivity contribution < 1.29 is 23.8 Å². The summed E-state index contributed by atoms with van der Waals surface area (Å²) in [7, 11) is 0. The number of allylic oxidation sites excluding steroid dienone is 26. The molecule has 0 radical (unpaired) electrons. The molecule has 0 spiro atoms. The van der Waals surface area contributed by atoms with Gasteiger partial charge in [-0.25, -0.2) is 0 Å². The minimum atomic E-state index is -0.613. The highest BCUT2D eigenvalue weighted by Gasteiger charge is 2.17. The van der Waals surface area contributed by atoms with Crippen LogP contribution in [0.4, 0.5) is 0 Å². The van der Waals surface area contributed by atoms with Crippen molar-refractivity contribution in [3.05, 3.63) is 158 Å². The molecule has 0 aliphatic heterocycles. The summed E-state index contributed by atoms with van der Waals surface area (Å²) in [6.07, 6.45) is 81.3. The molecule has 66 heavy (non-hydrogen) atoms. The van der Waals surface area contributed by atoms with Crippen LogP contribution in [0, 0.1) is 0 Å². The molecule has 1 atom stereocenters. The number of rotatable bonds is 45. The molecule has 5 heteroatoms. The van der Waals surface area contributed by atoms with Gasteiger partial charge in [0.2, 0.25) is 0 Å². The molecule has 0 fully saturated rings. The summed E-state index contributed by atoms with van der Waals surface area (Å²) in [5.74, 6) is -0.553. The molecule has 0 saturated carbocycles. The van der Waals surface area contributed by atoms with Crippen LogP contribution in [0.25, 0.3) is 0 Å². The van der Waals surface area contributed by atoms with Crippen LogP contribution in [0.2, 0.25) is 0 Å². The Kier molecular flexibility index (Phi) is 51.1. The van der Waals surface area contributed by atoms with Crippen molar-refractivity contribution in [2.75, 3.05) is 19.8 Å². The molecule has 5 nitrogen and oxygen atoms in total. The number of ether oxygens (including phenoxy) is 3. The standard InChI is InChI=1S/C61H94O5/c1-4-7-10-13-16-19-22-24-26-28-30-32-34-36-38-41-44-47-50-53-56-64-57-59(66-61(63)55-52-49-46-43-39-21-18-15-12-9-6-3)58-65-60(62)54-51-48-45-42-40-37-35-33-31-29-27-25-23-20-17-14-11-8-5-2/h7-8,10-11,15-20,24-27,30-33,36-38,40,44-45,47-48,59H,4-6,9,12-14,21-23,28-29,34-35,39,41-43,46,49-58H2,1-3H3/b10-7-,11-8-,18-15-,19-16-,20-17-,26-24-,27-25-,32-30-,33-31-,38-36-,40-37-,47-44-,48-45-. The maximum atomic E-state index is 12.8. The average Bonchev–Trinajstić information content (AvgIpc) is 3.32. The number of hydrogen-bond acceptors (Lipinski definition) is 5. The molecule has 0 amide bonds. The summed E-state index contributed by atoms with van der Waals surface area (Å²) in [6, 6.07) is 0. The van der Waals surface area contributed by atoms with E-state index in [2.05, 4.69) is 173 Å². The van der Waals surface area contributed by atoms with Crippen molar-refractivity contribution in [1.82, 2.24) is 0 Å². The molecule has 1 unspecified atom stereocenters. The van der Waals surface area contributed by atoms with E-state index >= 15 is 0 Å². The molecule has 0 aromatic heterocycles. The van der Waals surface area contributed by atoms with Gasteiger partial charge in [0, 0.05) is 19.4 Å². The van der Waals surface area contributed by atoms with Crippen LogP contribution < -0.4 is 0 Å². The van der Waals surface area contributed by atoms with Gasteiger partial charge in [0.15, 0.2) is 6.10 Å². The molecule has 0 rings (SSSR count). The van der Waals surface area contributed by atoms with E-state index in [4.69, 9.17) is 14.2 Å². The lowest BCUT2D eigenvalue weighted by molar-refractivity contribution is -0.162. The first-order valence-corrected chi connectivity index (χ1v) is 26.0. The van der Waals surface area contributed by atoms with E-state index in [1.807, 2.05) is 6.08 Å². The fraction of sp³-hybridized carbons (Fsp3) is 0.541. The van der Waals surface area contributed by atoms with Gasteiger partial charge in [0.1, 0.15) is 6.61 Å². The number of carbonyl (C=O) groups is 2. The van der Waals surface area contributed by atoms with Crippen molar-refractivity contribution in [3.8, 4) is 0 Å². The Morgan fingerprint density at radius 1 is 0.348 bits per heavy atom. The fourth-order valence-electron chi connectivity index (χ4n) is 6.24. The molecule has 0 heterocycles. The van der Waals surface area contributed by atoms with Gasteiger partial charge in [0.25, 0.3) is 0 Å². The zero-order valence-corrected chi connectivity index (χ0v) is 42.1. The first-order valence-electron chi connectivity index (χ1n) is 26.0. The van der Waals surface area contributed by atoms with Gasteiger partial charge in [-0.3, -0.25) is 9.59 Å². The molecule has 0 bridgehead atoms. The molecule has 0 aliphatic rings. The summed E-state index contributed by atoms with van der Waals surface area (Å²) in [5, 5.41) is 0. The molecular formula is C61H94O5. The number of esters is 2. The predicted molar refractivity (Wildman–Crippen MR) is 288 cm³/mol. The van der Waals surface area contributed by atoms with Crippen LogP contribution in [0.3, 0.4) is 0 Å². The normalized spacial score (nSPS) is 13.6. The molecule has 0 aromatic rings.